The molecule has 2 aromatic rings. The zero-order valence-corrected chi connectivity index (χ0v) is 13.9. The molecule has 0 saturated carbocycles. The van der Waals surface area contributed by atoms with Crippen LogP contribution >= 0.6 is 0 Å². The Kier molecular flexibility index (Phi) is 3.98. The standard InChI is InChI=1S/C20H22N2O2/c1-24-18-9-7-15(8-10-18)11-21-12-16-13-22(20(23)19(16)14-21)17-5-3-2-4-6-17/h2-10,16,19H,11-14H2,1H3/t16-,19+/m0/s1. The fraction of sp³-hybridized carbons (Fsp3) is 0.350. The van der Waals surface area contributed by atoms with Gasteiger partial charge in [-0.1, -0.05) is 30.3 Å². The van der Waals surface area contributed by atoms with Crippen molar-refractivity contribution in [3.05, 3.63) is 60.2 Å². The summed E-state index contributed by atoms with van der Waals surface area (Å²) in [6, 6.07) is 18.2. The third-order valence-corrected chi connectivity index (χ3v) is 5.15. The van der Waals surface area contributed by atoms with Crippen LogP contribution in [0.3, 0.4) is 0 Å². The number of fused-ring (bicyclic) bond motifs is 1. The first-order valence-electron chi connectivity index (χ1n) is 8.46. The van der Waals surface area contributed by atoms with Crippen LogP contribution in [-0.4, -0.2) is 37.6 Å². The van der Waals surface area contributed by atoms with E-state index < -0.39 is 0 Å². The summed E-state index contributed by atoms with van der Waals surface area (Å²) in [5, 5.41) is 0. The van der Waals surface area contributed by atoms with E-state index in [9.17, 15) is 4.79 Å². The summed E-state index contributed by atoms with van der Waals surface area (Å²) in [7, 11) is 1.68. The van der Waals surface area contributed by atoms with E-state index in [1.165, 1.54) is 5.56 Å². The van der Waals surface area contributed by atoms with Gasteiger partial charge in [-0.3, -0.25) is 9.69 Å². The number of rotatable bonds is 4. The zero-order valence-electron chi connectivity index (χ0n) is 13.9. The number of hydrogen-bond donors (Lipinski definition) is 0. The minimum absolute atomic E-state index is 0.142. The van der Waals surface area contributed by atoms with Crippen molar-refractivity contribution in [1.29, 1.82) is 0 Å². The van der Waals surface area contributed by atoms with Crippen LogP contribution in [0.1, 0.15) is 5.56 Å². The van der Waals surface area contributed by atoms with Crippen molar-refractivity contribution in [2.45, 2.75) is 6.54 Å². The number of anilines is 1. The molecule has 4 rings (SSSR count). The molecule has 0 N–H and O–H groups in total. The summed E-state index contributed by atoms with van der Waals surface area (Å²) < 4.78 is 5.20. The number of carbonyl (C=O) groups is 1. The Labute approximate surface area is 142 Å². The van der Waals surface area contributed by atoms with Gasteiger partial charge in [-0.25, -0.2) is 0 Å². The van der Waals surface area contributed by atoms with Gasteiger partial charge < -0.3 is 9.64 Å². The maximum Gasteiger partial charge on any atom is 0.231 e. The summed E-state index contributed by atoms with van der Waals surface area (Å²) in [6.07, 6.45) is 0. The Bertz CT molecular complexity index is 714. The van der Waals surface area contributed by atoms with Gasteiger partial charge in [-0.05, 0) is 29.8 Å². The van der Waals surface area contributed by atoms with Crippen molar-refractivity contribution in [1.82, 2.24) is 4.90 Å². The first kappa shape index (κ1) is 15.2. The fourth-order valence-corrected chi connectivity index (χ4v) is 3.91. The summed E-state index contributed by atoms with van der Waals surface area (Å²) in [5.41, 5.74) is 2.29. The first-order valence-corrected chi connectivity index (χ1v) is 8.46. The summed E-state index contributed by atoms with van der Waals surface area (Å²) in [5.74, 6) is 1.74. The molecule has 0 aliphatic carbocycles. The third kappa shape index (κ3) is 2.78. The lowest BCUT2D eigenvalue weighted by atomic mass is 10.0. The molecular weight excluding hydrogens is 300 g/mol. The number of nitrogens with zero attached hydrogens (tertiary/aromatic N) is 2. The van der Waals surface area contributed by atoms with Gasteiger partial charge in [0.2, 0.25) is 5.91 Å². The van der Waals surface area contributed by atoms with Crippen molar-refractivity contribution in [2.75, 3.05) is 31.6 Å². The SMILES string of the molecule is COc1ccc(CN2C[C@H]3CN(c4ccccc4)C(=O)[C@@H]3C2)cc1. The summed E-state index contributed by atoms with van der Waals surface area (Å²) in [4.78, 5) is 17.1. The van der Waals surface area contributed by atoms with Gasteiger partial charge >= 0.3 is 0 Å². The van der Waals surface area contributed by atoms with Crippen molar-refractivity contribution >= 4 is 11.6 Å². The molecule has 4 heteroatoms. The molecule has 0 spiro atoms. The smallest absolute Gasteiger partial charge is 0.231 e. The van der Waals surface area contributed by atoms with Gasteiger partial charge in [-0.15, -0.1) is 0 Å². The topological polar surface area (TPSA) is 32.8 Å². The van der Waals surface area contributed by atoms with Crippen molar-refractivity contribution in [3.8, 4) is 5.75 Å². The summed E-state index contributed by atoms with van der Waals surface area (Å²) >= 11 is 0. The number of methoxy groups -OCH3 is 1. The maximum absolute atomic E-state index is 12.8. The van der Waals surface area contributed by atoms with Gasteiger partial charge in [0.1, 0.15) is 5.75 Å². The van der Waals surface area contributed by atoms with Gasteiger partial charge in [-0.2, -0.15) is 0 Å². The van der Waals surface area contributed by atoms with Crippen LogP contribution in [0.15, 0.2) is 54.6 Å². The molecule has 2 aliphatic heterocycles. The van der Waals surface area contributed by atoms with E-state index in [4.69, 9.17) is 4.74 Å². The molecule has 1 amide bonds. The molecule has 0 bridgehead atoms. The second-order valence-electron chi connectivity index (χ2n) is 6.69. The number of amides is 1. The second-order valence-corrected chi connectivity index (χ2v) is 6.69. The van der Waals surface area contributed by atoms with E-state index >= 15 is 0 Å². The monoisotopic (exact) mass is 322 g/mol. The van der Waals surface area contributed by atoms with E-state index in [-0.39, 0.29) is 11.8 Å². The predicted octanol–water partition coefficient (Wildman–Crippen LogP) is 2.79. The highest BCUT2D eigenvalue weighted by atomic mass is 16.5. The molecule has 2 saturated heterocycles. The van der Waals surface area contributed by atoms with Crippen LogP contribution in [-0.2, 0) is 11.3 Å². The number of carbonyl (C=O) groups excluding carboxylic acids is 1. The van der Waals surface area contributed by atoms with E-state index in [1.54, 1.807) is 7.11 Å². The number of benzene rings is 2. The van der Waals surface area contributed by atoms with Crippen LogP contribution < -0.4 is 9.64 Å². The van der Waals surface area contributed by atoms with Crippen molar-refractivity contribution in [2.24, 2.45) is 11.8 Å². The zero-order chi connectivity index (χ0) is 16.5. The van der Waals surface area contributed by atoms with Crippen LogP contribution in [0, 0.1) is 11.8 Å². The third-order valence-electron chi connectivity index (χ3n) is 5.15. The lowest BCUT2D eigenvalue weighted by molar-refractivity contribution is -0.120. The van der Waals surface area contributed by atoms with Crippen LogP contribution in [0.25, 0.3) is 0 Å². The van der Waals surface area contributed by atoms with E-state index in [0.717, 1.165) is 37.6 Å². The maximum atomic E-state index is 12.8. The molecular formula is C20H22N2O2. The average Bonchev–Trinajstić information content (AvgIpc) is 3.15. The Morgan fingerprint density at radius 1 is 1.00 bits per heavy atom. The number of ether oxygens (including phenoxy) is 1. The van der Waals surface area contributed by atoms with Gasteiger partial charge in [0.05, 0.1) is 13.0 Å². The van der Waals surface area contributed by atoms with Gasteiger partial charge in [0, 0.05) is 37.8 Å². The minimum Gasteiger partial charge on any atom is -0.497 e. The van der Waals surface area contributed by atoms with E-state index in [1.807, 2.05) is 47.4 Å². The summed E-state index contributed by atoms with van der Waals surface area (Å²) in [6.45, 7) is 3.59. The molecule has 0 radical (unpaired) electrons. The van der Waals surface area contributed by atoms with Crippen molar-refractivity contribution < 1.29 is 9.53 Å². The Morgan fingerprint density at radius 2 is 1.75 bits per heavy atom. The Morgan fingerprint density at radius 3 is 2.42 bits per heavy atom. The number of para-hydroxylation sites is 1. The Hall–Kier alpha value is -2.33. The van der Waals surface area contributed by atoms with Gasteiger partial charge in [0.25, 0.3) is 0 Å². The van der Waals surface area contributed by atoms with Crippen molar-refractivity contribution in [3.63, 3.8) is 0 Å². The fourth-order valence-electron chi connectivity index (χ4n) is 3.91. The molecule has 2 atom stereocenters. The Balaban J connectivity index is 1.40. The number of likely N-dealkylation sites (tertiary alicyclic amines) is 1. The molecule has 24 heavy (non-hydrogen) atoms. The normalized spacial score (nSPS) is 23.5. The van der Waals surface area contributed by atoms with Crippen LogP contribution in [0.4, 0.5) is 5.69 Å². The molecule has 2 aliphatic rings. The van der Waals surface area contributed by atoms with Crippen LogP contribution in [0.5, 0.6) is 5.75 Å². The highest BCUT2D eigenvalue weighted by Gasteiger charge is 2.46. The molecule has 0 aromatic heterocycles. The average molecular weight is 322 g/mol. The quantitative estimate of drug-likeness (QED) is 0.868. The number of hydrogen-bond acceptors (Lipinski definition) is 3. The molecule has 2 aromatic carbocycles. The molecule has 2 fully saturated rings. The molecule has 0 unspecified atom stereocenters. The predicted molar refractivity (Wildman–Crippen MR) is 94.0 cm³/mol. The molecule has 4 nitrogen and oxygen atoms in total. The van der Waals surface area contributed by atoms with E-state index in [2.05, 4.69) is 17.0 Å². The lowest BCUT2D eigenvalue weighted by Gasteiger charge is -2.21. The first-order chi connectivity index (χ1) is 11.7. The highest BCUT2D eigenvalue weighted by Crippen LogP contribution is 2.35. The largest absolute Gasteiger partial charge is 0.497 e. The molecule has 2 heterocycles. The van der Waals surface area contributed by atoms with E-state index in [0.29, 0.717) is 5.92 Å². The second kappa shape index (κ2) is 6.29. The molecule has 124 valence electrons. The lowest BCUT2D eigenvalue weighted by Crippen LogP contribution is -2.32. The van der Waals surface area contributed by atoms with Crippen LogP contribution in [0.2, 0.25) is 0 Å². The minimum atomic E-state index is 0.142. The van der Waals surface area contributed by atoms with Gasteiger partial charge in [0.15, 0.2) is 0 Å². The highest BCUT2D eigenvalue weighted by molar-refractivity contribution is 5.98.